The Hall–Kier alpha value is -9.12. The van der Waals surface area contributed by atoms with Crippen LogP contribution in [0.15, 0.2) is 231 Å². The van der Waals surface area contributed by atoms with Crippen molar-refractivity contribution in [2.45, 2.75) is 52.4 Å². The van der Waals surface area contributed by atoms with Crippen LogP contribution in [0.25, 0.3) is 83.3 Å². The maximum absolute atomic E-state index is 14.8. The molecule has 3 heterocycles. The molecule has 10 aromatic carbocycles. The summed E-state index contributed by atoms with van der Waals surface area (Å²) in [7, 11) is 0. The first kappa shape index (κ1) is 53.5. The normalized spacial score (nSPS) is 12.2. The summed E-state index contributed by atoms with van der Waals surface area (Å²) in [6, 6.07) is 85.6. The molecule has 0 radical (unpaired) electrons. The number of para-hydroxylation sites is 3. The zero-order valence-corrected chi connectivity index (χ0v) is 48.5. The minimum absolute atomic E-state index is 0. The fourth-order valence-electron chi connectivity index (χ4n) is 11.0. The molecule has 12 aromatic rings. The van der Waals surface area contributed by atoms with E-state index in [2.05, 4.69) is 214 Å². The summed E-state index contributed by atoms with van der Waals surface area (Å²) >= 11 is 0. The second-order valence-corrected chi connectivity index (χ2v) is 22.8. The first-order valence-corrected chi connectivity index (χ1v) is 27.3. The van der Waals surface area contributed by atoms with E-state index in [9.17, 15) is 8.78 Å². The first-order valence-electron chi connectivity index (χ1n) is 27.3. The van der Waals surface area contributed by atoms with E-state index in [-0.39, 0.29) is 43.5 Å². The molecule has 82 heavy (non-hydrogen) atoms. The van der Waals surface area contributed by atoms with Crippen LogP contribution in [0.4, 0.5) is 31.5 Å². The van der Waals surface area contributed by atoms with Gasteiger partial charge in [0.2, 0.25) is 5.69 Å². The molecule has 0 saturated carbocycles. The molecular formula is C74H56F2N4OPt+2. The van der Waals surface area contributed by atoms with Gasteiger partial charge in [-0.1, -0.05) is 179 Å². The van der Waals surface area contributed by atoms with Crippen molar-refractivity contribution in [1.82, 2.24) is 18.7 Å². The molecule has 0 aliphatic carbocycles. The second kappa shape index (κ2) is 21.4. The van der Waals surface area contributed by atoms with Gasteiger partial charge in [-0.3, -0.25) is 0 Å². The van der Waals surface area contributed by atoms with Gasteiger partial charge in [0.25, 0.3) is 11.4 Å². The van der Waals surface area contributed by atoms with Crippen LogP contribution in [0.3, 0.4) is 0 Å². The molecule has 0 spiro atoms. The molecule has 8 heteroatoms. The van der Waals surface area contributed by atoms with Crippen LogP contribution < -0.4 is 13.9 Å². The number of rotatable bonds is 10. The first-order chi connectivity index (χ1) is 39.2. The van der Waals surface area contributed by atoms with Crippen molar-refractivity contribution in [1.29, 1.82) is 0 Å². The van der Waals surface area contributed by atoms with Gasteiger partial charge < -0.3 is 9.30 Å². The quantitative estimate of drug-likeness (QED) is 0.101. The summed E-state index contributed by atoms with van der Waals surface area (Å²) in [5.41, 5.74) is 16.4. The fraction of sp³-hybridized carbons (Fsp3) is 0.108. The largest absolute Gasteiger partial charge is 2.00 e. The number of hydrogen-bond donors (Lipinski definition) is 0. The summed E-state index contributed by atoms with van der Waals surface area (Å²) in [4.78, 5) is 4.93. The zero-order chi connectivity index (χ0) is 55.6. The molecule has 0 saturated heterocycles. The van der Waals surface area contributed by atoms with Gasteiger partial charge in [0.1, 0.15) is 23.1 Å². The van der Waals surface area contributed by atoms with E-state index in [1.54, 1.807) is 0 Å². The Labute approximate surface area is 491 Å². The molecule has 5 nitrogen and oxygen atoms in total. The molecule has 0 amide bonds. The van der Waals surface area contributed by atoms with Crippen molar-refractivity contribution >= 4 is 50.6 Å². The van der Waals surface area contributed by atoms with Crippen LogP contribution in [0.1, 0.15) is 52.7 Å². The zero-order valence-electron chi connectivity index (χ0n) is 46.2. The van der Waals surface area contributed by atoms with E-state index in [4.69, 9.17) is 9.72 Å². The standard InChI is InChI=1S/C74H56F2N4O.Pt/c1-73(2,3)56-35-36-77-71(44-56)80-67-22-14-13-21-63(67)64-34-33-61(46-70(64)80)81-62-41-55(54-38-52(48-17-9-7-10-18-48)37-53(39-54)49-19-11-8-12-20-49)40-60(45-62)78-47-79(69-24-16-15-23-68(69)78)72-65(50-25-29-58(75)30-26-50)42-57(74(4,5)6)43-66(72)51-27-31-59(76)32-28-51;/h7-44H,1-6H3;/q;+2. The monoisotopic (exact) mass is 1250 g/mol. The summed E-state index contributed by atoms with van der Waals surface area (Å²) in [6.45, 7) is 13.2. The fourth-order valence-corrected chi connectivity index (χ4v) is 11.0. The Balaban J connectivity index is 0.00000665. The topological polar surface area (TPSA) is 33.1 Å². The Kier molecular flexibility index (Phi) is 14.0. The second-order valence-electron chi connectivity index (χ2n) is 22.8. The van der Waals surface area contributed by atoms with E-state index >= 15 is 0 Å². The molecule has 1 aliphatic heterocycles. The molecule has 13 rings (SSSR count). The number of nitrogens with zero attached hydrogens (tertiary/aromatic N) is 4. The number of pyridine rings is 1. The van der Waals surface area contributed by atoms with Gasteiger partial charge in [-0.25, -0.2) is 13.8 Å². The summed E-state index contributed by atoms with van der Waals surface area (Å²) in [6.07, 6.45) is 1.88. The molecule has 1 aliphatic rings. The number of halogens is 2. The van der Waals surface area contributed by atoms with E-state index < -0.39 is 0 Å². The van der Waals surface area contributed by atoms with Crippen LogP contribution in [0.2, 0.25) is 0 Å². The van der Waals surface area contributed by atoms with Crippen molar-refractivity contribution in [3.05, 3.63) is 266 Å². The van der Waals surface area contributed by atoms with E-state index in [1.807, 2.05) is 65.4 Å². The molecule has 400 valence electrons. The number of aromatic nitrogens is 2. The van der Waals surface area contributed by atoms with Crippen molar-refractivity contribution in [2.75, 3.05) is 0 Å². The van der Waals surface area contributed by atoms with Crippen LogP contribution in [0, 0.1) is 23.8 Å². The third kappa shape index (κ3) is 10.2. The Morgan fingerprint density at radius 1 is 0.451 bits per heavy atom. The molecule has 2 aromatic heterocycles. The van der Waals surface area contributed by atoms with Gasteiger partial charge in [-0.15, -0.1) is 29.1 Å². The number of fused-ring (bicyclic) bond motifs is 4. The number of hydrogen-bond acceptors (Lipinski definition) is 2. The molecule has 0 unspecified atom stereocenters. The van der Waals surface area contributed by atoms with Gasteiger partial charge in [0, 0.05) is 35.3 Å². The van der Waals surface area contributed by atoms with E-state index in [0.717, 1.165) is 106 Å². The predicted octanol–water partition coefficient (Wildman–Crippen LogP) is 19.6. The van der Waals surface area contributed by atoms with Gasteiger partial charge in [-0.05, 0) is 144 Å². The van der Waals surface area contributed by atoms with Gasteiger partial charge in [0.15, 0.2) is 0 Å². The van der Waals surface area contributed by atoms with Crippen molar-refractivity contribution in [3.8, 4) is 73.0 Å². The predicted molar refractivity (Wildman–Crippen MR) is 328 cm³/mol. The molecule has 0 N–H and O–H groups in total. The smallest absolute Gasteiger partial charge is 0.509 e. The van der Waals surface area contributed by atoms with Gasteiger partial charge in [0.05, 0.1) is 11.1 Å². The summed E-state index contributed by atoms with van der Waals surface area (Å²) < 4.78 is 43.0. The SMILES string of the molecule is CC(C)(C)c1ccnc(-n2c3[c-]c(Oc4[c-]c([N+]5=C=[N+](c6c(-c7ccc(F)cc7)cc(C(C)(C)C)cc6-c6ccc(F)cc6)c6ccccc65)cc(-c5cc(-c6ccccc6)cc(-c6ccccc6)c5)c4)ccc3c3ccccc32)c1.[Pt+2]. The molecule has 0 fully saturated rings. The Bertz CT molecular complexity index is 4370. The maximum atomic E-state index is 14.8. The Morgan fingerprint density at radius 3 is 1.56 bits per heavy atom. The number of ether oxygens (including phenoxy) is 1. The van der Waals surface area contributed by atoms with Crippen molar-refractivity contribution < 1.29 is 34.6 Å². The van der Waals surface area contributed by atoms with E-state index in [1.165, 1.54) is 29.8 Å². The minimum Gasteiger partial charge on any atom is -0.509 e. The van der Waals surface area contributed by atoms with Crippen molar-refractivity contribution in [3.63, 3.8) is 0 Å². The average Bonchev–Trinajstić information content (AvgIpc) is 4.16. The van der Waals surface area contributed by atoms with Crippen LogP contribution >= 0.6 is 0 Å². The molecule has 0 bridgehead atoms. The van der Waals surface area contributed by atoms with Gasteiger partial charge in [-0.2, -0.15) is 6.07 Å². The Morgan fingerprint density at radius 2 is 0.976 bits per heavy atom. The summed E-state index contributed by atoms with van der Waals surface area (Å²) in [5.74, 6) is 1.11. The van der Waals surface area contributed by atoms with Crippen molar-refractivity contribution in [2.24, 2.45) is 0 Å². The third-order valence-electron chi connectivity index (χ3n) is 15.2. The molecule has 0 atom stereocenters. The molecular weight excluding hydrogens is 1190 g/mol. The van der Waals surface area contributed by atoms with E-state index in [0.29, 0.717) is 17.2 Å². The van der Waals surface area contributed by atoms with Crippen LogP contribution in [-0.2, 0) is 31.9 Å². The maximum Gasteiger partial charge on any atom is 2.00 e. The van der Waals surface area contributed by atoms with Gasteiger partial charge >= 0.3 is 27.1 Å². The third-order valence-corrected chi connectivity index (χ3v) is 15.2. The van der Waals surface area contributed by atoms with Crippen LogP contribution in [-0.4, -0.2) is 15.6 Å². The van der Waals surface area contributed by atoms with Crippen LogP contribution in [0.5, 0.6) is 11.5 Å². The summed E-state index contributed by atoms with van der Waals surface area (Å²) in [5, 5.41) is 2.11. The number of benzene rings is 10. The minimum atomic E-state index is -0.330. The average molecular weight is 1250 g/mol.